The van der Waals surface area contributed by atoms with E-state index in [0.29, 0.717) is 19.9 Å². The molecule has 2 aliphatic rings. The maximum atomic E-state index is 14.6. The number of carboxylic acids is 2. The smallest absolute Gasteiger partial charge is 0.341 e. The number of carbonyl (C=O) groups is 4. The molecular formula is C38H20Cl6O8S6. The Morgan fingerprint density at radius 2 is 0.862 bits per heavy atom. The van der Waals surface area contributed by atoms with Crippen molar-refractivity contribution in [3.8, 4) is 11.5 Å². The Morgan fingerprint density at radius 1 is 0.500 bits per heavy atom. The van der Waals surface area contributed by atoms with Crippen LogP contribution in [0.4, 0.5) is 0 Å². The lowest BCUT2D eigenvalue weighted by Gasteiger charge is -2.15. The van der Waals surface area contributed by atoms with E-state index in [1.807, 2.05) is 36.4 Å². The molecule has 0 aromatic heterocycles. The summed E-state index contributed by atoms with van der Waals surface area (Å²) < 4.78 is 10.5. The van der Waals surface area contributed by atoms with Gasteiger partial charge in [-0.05, 0) is 93.4 Å². The van der Waals surface area contributed by atoms with Crippen molar-refractivity contribution < 1.29 is 38.9 Å². The number of allylic oxidation sites excluding steroid dienone is 4. The third-order valence-electron chi connectivity index (χ3n) is 7.58. The van der Waals surface area contributed by atoms with Gasteiger partial charge in [0.25, 0.3) is 0 Å². The van der Waals surface area contributed by atoms with Crippen LogP contribution in [0.1, 0.15) is 31.8 Å². The molecule has 0 saturated carbocycles. The summed E-state index contributed by atoms with van der Waals surface area (Å²) in [7, 11) is 7.54. The molecule has 6 rings (SSSR count). The zero-order chi connectivity index (χ0) is 41.7. The Balaban J connectivity index is 1.44. The van der Waals surface area contributed by atoms with Gasteiger partial charge in [-0.2, -0.15) is 0 Å². The number of carbonyl (C=O) groups excluding carboxylic acids is 2. The normalized spacial score (nSPS) is 15.4. The highest BCUT2D eigenvalue weighted by Gasteiger charge is 2.31. The minimum Gasteiger partial charge on any atom is -0.480 e. The van der Waals surface area contributed by atoms with Gasteiger partial charge in [-0.15, -0.1) is 0 Å². The van der Waals surface area contributed by atoms with Gasteiger partial charge in [0, 0.05) is 40.8 Å². The van der Waals surface area contributed by atoms with Crippen LogP contribution in [-0.4, -0.2) is 46.9 Å². The van der Waals surface area contributed by atoms with E-state index >= 15 is 0 Å². The molecule has 2 heterocycles. The lowest BCUT2D eigenvalue weighted by atomic mass is 10.1. The lowest BCUT2D eigenvalue weighted by Crippen LogP contribution is -2.10. The number of hydrogen-bond acceptors (Lipinski definition) is 12. The molecule has 4 aromatic carbocycles. The zero-order valence-corrected chi connectivity index (χ0v) is 38.0. The van der Waals surface area contributed by atoms with Crippen molar-refractivity contribution >= 4 is 168 Å². The van der Waals surface area contributed by atoms with Crippen molar-refractivity contribution in [2.24, 2.45) is 0 Å². The largest absolute Gasteiger partial charge is 0.480 e. The lowest BCUT2D eigenvalue weighted by molar-refractivity contribution is -0.140. The number of halogens is 6. The van der Waals surface area contributed by atoms with Gasteiger partial charge in [0.05, 0.1) is 19.9 Å². The number of carboxylic acid groups (broad SMARTS) is 2. The number of aliphatic carboxylic acids is 2. The molecule has 0 spiro atoms. The van der Waals surface area contributed by atoms with Gasteiger partial charge in [-0.3, -0.25) is 9.59 Å². The van der Waals surface area contributed by atoms with Gasteiger partial charge in [0.2, 0.25) is 11.6 Å². The Kier molecular flexibility index (Phi) is 15.9. The minimum atomic E-state index is -1.23. The summed E-state index contributed by atoms with van der Waals surface area (Å²) in [6, 6.07) is 19.9. The molecule has 0 unspecified atom stereocenters. The van der Waals surface area contributed by atoms with Crippen molar-refractivity contribution in [3.63, 3.8) is 0 Å². The number of ketones is 2. The Morgan fingerprint density at radius 3 is 1.21 bits per heavy atom. The van der Waals surface area contributed by atoms with E-state index in [1.165, 1.54) is 67.4 Å². The number of rotatable bonds is 15. The molecule has 2 N–H and O–H groups in total. The second kappa shape index (κ2) is 20.4. The number of Topliss-reactive ketones (excluding diaryl/α,β-unsaturated/α-hetero) is 2. The first kappa shape index (κ1) is 45.1. The molecule has 8 nitrogen and oxygen atoms in total. The van der Waals surface area contributed by atoms with Crippen molar-refractivity contribution in [1.29, 1.82) is 0 Å². The third-order valence-corrected chi connectivity index (χ3v) is 17.4. The molecule has 4 aromatic rings. The molecule has 0 aliphatic carbocycles. The maximum Gasteiger partial charge on any atom is 0.341 e. The fourth-order valence-electron chi connectivity index (χ4n) is 4.84. The molecule has 58 heavy (non-hydrogen) atoms. The summed E-state index contributed by atoms with van der Waals surface area (Å²) in [5.41, 5.74) is 1.74. The number of hydrogen-bond donors (Lipinski definition) is 2. The molecule has 0 amide bonds. The molecular weight excluding hydrogens is 990 g/mol. The van der Waals surface area contributed by atoms with Crippen LogP contribution in [0.5, 0.6) is 11.5 Å². The Hall–Kier alpha value is -2.44. The van der Waals surface area contributed by atoms with Gasteiger partial charge in [-0.25, -0.2) is 9.59 Å². The van der Waals surface area contributed by atoms with Crippen molar-refractivity contribution in [2.45, 2.75) is 0 Å². The maximum absolute atomic E-state index is 14.6. The third kappa shape index (κ3) is 10.9. The van der Waals surface area contributed by atoms with Gasteiger partial charge in [-0.1, -0.05) is 137 Å². The predicted octanol–water partition coefficient (Wildman–Crippen LogP) is 14.3. The SMILES string of the molecule is O=C(O)COc1ccc(C(=O)/C(SS/C(C(=O)c2ccc(OCC(=O)O)c(Cl)c2Cl)=C2\C=C(c3ccc(Cl)cc3)SS2)=C2\C=C(c3ccc(Cl)cc3)SS2)c(Cl)c1Cl. The zero-order valence-electron chi connectivity index (χ0n) is 28.6. The van der Waals surface area contributed by atoms with E-state index < -0.39 is 36.7 Å². The van der Waals surface area contributed by atoms with E-state index in [0.717, 1.165) is 42.5 Å². The van der Waals surface area contributed by atoms with Crippen LogP contribution in [0.15, 0.2) is 105 Å². The van der Waals surface area contributed by atoms with Gasteiger partial charge < -0.3 is 19.7 Å². The quantitative estimate of drug-likeness (QED) is 0.0666. The Bertz CT molecular complexity index is 2300. The second-order valence-electron chi connectivity index (χ2n) is 11.4. The van der Waals surface area contributed by atoms with E-state index in [2.05, 4.69) is 0 Å². The van der Waals surface area contributed by atoms with Crippen molar-refractivity contribution in [3.05, 3.63) is 157 Å². The molecule has 2 aliphatic heterocycles. The fraction of sp³-hybridized carbons (Fsp3) is 0.0526. The standard InChI is InChI=1S/C38H20Cl6O8S6/c39-19-5-1-17(2-6-19)25-13-27(55-53-25)37(35(49)21-9-11-23(33(43)31(21)41)51-15-29(45)46)57-58-38(28-14-26(54-56-28)18-3-7-20(40)8-4-18)36(50)22-10-12-24(34(44)32(22)42)52-16-30(47)48/h1-14H,15-16H2,(H,45,46)(H,47,48)/b37-27-,38-28+. The molecule has 0 radical (unpaired) electrons. The topological polar surface area (TPSA) is 127 Å². The first-order valence-corrected chi connectivity index (χ1v) is 24.7. The highest BCUT2D eigenvalue weighted by molar-refractivity contribution is 8.83. The summed E-state index contributed by atoms with van der Waals surface area (Å²) in [4.78, 5) is 54.6. The first-order chi connectivity index (χ1) is 27.7. The summed E-state index contributed by atoms with van der Waals surface area (Å²) in [6.45, 7) is -1.36. The average Bonchev–Trinajstić information content (AvgIpc) is 3.89. The van der Waals surface area contributed by atoms with Gasteiger partial charge in [0.15, 0.2) is 13.2 Å². The van der Waals surface area contributed by atoms with Crippen LogP contribution in [-0.2, 0) is 9.59 Å². The minimum absolute atomic E-state index is 0.00640. The second-order valence-corrected chi connectivity index (χ2v) is 20.4. The van der Waals surface area contributed by atoms with E-state index in [1.54, 1.807) is 24.3 Å². The van der Waals surface area contributed by atoms with E-state index in [-0.39, 0.29) is 52.5 Å². The summed E-state index contributed by atoms with van der Waals surface area (Å²) in [5.74, 6) is -3.57. The average molecular weight is 1010 g/mol. The van der Waals surface area contributed by atoms with Gasteiger partial charge >= 0.3 is 11.9 Å². The van der Waals surface area contributed by atoms with Crippen LogP contribution in [0.2, 0.25) is 30.1 Å². The van der Waals surface area contributed by atoms with Crippen LogP contribution in [0.3, 0.4) is 0 Å². The molecule has 298 valence electrons. The van der Waals surface area contributed by atoms with E-state index in [9.17, 15) is 19.2 Å². The van der Waals surface area contributed by atoms with Crippen molar-refractivity contribution in [1.82, 2.24) is 0 Å². The first-order valence-electron chi connectivity index (χ1n) is 15.9. The van der Waals surface area contributed by atoms with Crippen LogP contribution >= 0.6 is 134 Å². The van der Waals surface area contributed by atoms with E-state index in [4.69, 9.17) is 89.3 Å². The summed E-state index contributed by atoms with van der Waals surface area (Å²) in [6.07, 6.45) is 3.69. The highest BCUT2D eigenvalue weighted by atomic mass is 35.5. The molecule has 0 bridgehead atoms. The summed E-state index contributed by atoms with van der Waals surface area (Å²) in [5, 5.41) is 18.7. The number of benzene rings is 4. The number of ether oxygens (including phenoxy) is 2. The van der Waals surface area contributed by atoms with Gasteiger partial charge in [0.1, 0.15) is 21.5 Å². The molecule has 0 atom stereocenters. The van der Waals surface area contributed by atoms with Crippen LogP contribution in [0.25, 0.3) is 9.81 Å². The van der Waals surface area contributed by atoms with Crippen molar-refractivity contribution in [2.75, 3.05) is 13.2 Å². The molecule has 0 saturated heterocycles. The monoisotopic (exact) mass is 1010 g/mol. The molecule has 20 heteroatoms. The predicted molar refractivity (Wildman–Crippen MR) is 246 cm³/mol. The molecule has 0 fully saturated rings. The Labute approximate surface area is 384 Å². The summed E-state index contributed by atoms with van der Waals surface area (Å²) >= 11 is 38.5. The fourth-order valence-corrected chi connectivity index (χ4v) is 14.2. The highest BCUT2D eigenvalue weighted by Crippen LogP contribution is 2.57. The van der Waals surface area contributed by atoms with Crippen LogP contribution < -0.4 is 9.47 Å². The van der Waals surface area contributed by atoms with Crippen LogP contribution in [0, 0.1) is 0 Å².